The molecule has 2 rings (SSSR count). The minimum absolute atomic E-state index is 0.162. The number of anilines is 1. The van der Waals surface area contributed by atoms with Gasteiger partial charge in [-0.05, 0) is 31.0 Å². The topological polar surface area (TPSA) is 92.5 Å². The molecule has 0 atom stereocenters. The van der Waals surface area contributed by atoms with Gasteiger partial charge in [-0.25, -0.2) is 12.8 Å². The van der Waals surface area contributed by atoms with Gasteiger partial charge in [-0.1, -0.05) is 0 Å². The number of amides is 1. The lowest BCUT2D eigenvalue weighted by molar-refractivity contribution is -0.121. The van der Waals surface area contributed by atoms with E-state index >= 15 is 0 Å². The van der Waals surface area contributed by atoms with E-state index < -0.39 is 15.8 Å². The summed E-state index contributed by atoms with van der Waals surface area (Å²) < 4.78 is 38.3. The van der Waals surface area contributed by atoms with Crippen molar-refractivity contribution in [2.45, 2.75) is 23.8 Å². The van der Waals surface area contributed by atoms with E-state index in [1.165, 1.54) is 7.05 Å². The SMILES string of the molecule is CN(CC(=O)NC1CC1)S(=O)(=O)c1ccc(F)cc1N. The molecule has 0 aromatic heterocycles. The Kier molecular flexibility index (Phi) is 3.96. The third-order valence-electron chi connectivity index (χ3n) is 2.97. The Hall–Kier alpha value is -1.67. The number of rotatable bonds is 5. The third kappa shape index (κ3) is 3.26. The van der Waals surface area contributed by atoms with Crippen molar-refractivity contribution in [2.75, 3.05) is 19.3 Å². The van der Waals surface area contributed by atoms with Gasteiger partial charge in [0.2, 0.25) is 15.9 Å². The van der Waals surface area contributed by atoms with Crippen molar-refractivity contribution < 1.29 is 17.6 Å². The minimum atomic E-state index is -3.92. The molecule has 0 radical (unpaired) electrons. The van der Waals surface area contributed by atoms with Crippen molar-refractivity contribution in [1.82, 2.24) is 9.62 Å². The first-order valence-corrected chi connectivity index (χ1v) is 7.55. The quantitative estimate of drug-likeness (QED) is 0.765. The van der Waals surface area contributed by atoms with Gasteiger partial charge in [0.05, 0.1) is 12.2 Å². The largest absolute Gasteiger partial charge is 0.398 e. The van der Waals surface area contributed by atoms with Crippen LogP contribution in [0.15, 0.2) is 23.1 Å². The summed E-state index contributed by atoms with van der Waals surface area (Å²) in [5.41, 5.74) is 5.34. The fraction of sp³-hybridized carbons (Fsp3) is 0.417. The summed E-state index contributed by atoms with van der Waals surface area (Å²) >= 11 is 0. The molecule has 3 N–H and O–H groups in total. The number of benzene rings is 1. The van der Waals surface area contributed by atoms with Gasteiger partial charge in [-0.15, -0.1) is 0 Å². The maximum Gasteiger partial charge on any atom is 0.245 e. The first-order chi connectivity index (χ1) is 9.30. The zero-order chi connectivity index (χ0) is 14.9. The van der Waals surface area contributed by atoms with Crippen LogP contribution in [-0.2, 0) is 14.8 Å². The van der Waals surface area contributed by atoms with E-state index in [2.05, 4.69) is 5.32 Å². The average Bonchev–Trinajstić information content (AvgIpc) is 3.11. The molecule has 8 heteroatoms. The van der Waals surface area contributed by atoms with Gasteiger partial charge >= 0.3 is 0 Å². The van der Waals surface area contributed by atoms with Gasteiger partial charge in [-0.3, -0.25) is 4.79 Å². The van der Waals surface area contributed by atoms with Crippen LogP contribution >= 0.6 is 0 Å². The normalized spacial score (nSPS) is 15.3. The smallest absolute Gasteiger partial charge is 0.245 e. The van der Waals surface area contributed by atoms with Crippen molar-refractivity contribution >= 4 is 21.6 Å². The highest BCUT2D eigenvalue weighted by atomic mass is 32.2. The summed E-state index contributed by atoms with van der Waals surface area (Å²) in [5.74, 6) is -0.977. The molecule has 1 aliphatic carbocycles. The van der Waals surface area contributed by atoms with Gasteiger partial charge < -0.3 is 11.1 Å². The summed E-state index contributed by atoms with van der Waals surface area (Å²) in [7, 11) is -2.63. The molecule has 0 unspecified atom stereocenters. The Morgan fingerprint density at radius 2 is 2.15 bits per heavy atom. The molecule has 6 nitrogen and oxygen atoms in total. The van der Waals surface area contributed by atoms with Crippen LogP contribution in [-0.4, -0.2) is 38.3 Å². The number of hydrogen-bond acceptors (Lipinski definition) is 4. The third-order valence-corrected chi connectivity index (χ3v) is 4.85. The van der Waals surface area contributed by atoms with Crippen LogP contribution in [0.25, 0.3) is 0 Å². The molecule has 0 aliphatic heterocycles. The predicted octanol–water partition coefficient (Wildman–Crippen LogP) is 0.307. The van der Waals surface area contributed by atoms with Crippen LogP contribution < -0.4 is 11.1 Å². The molecular formula is C12H16FN3O3S. The van der Waals surface area contributed by atoms with Gasteiger partial charge in [0.15, 0.2) is 0 Å². The molecule has 0 heterocycles. The molecule has 0 saturated heterocycles. The summed E-state index contributed by atoms with van der Waals surface area (Å²) in [4.78, 5) is 11.4. The van der Waals surface area contributed by atoms with Crippen LogP contribution in [0.4, 0.5) is 10.1 Å². The van der Waals surface area contributed by atoms with E-state index in [0.29, 0.717) is 0 Å². The van der Waals surface area contributed by atoms with Crippen molar-refractivity contribution in [1.29, 1.82) is 0 Å². The molecule has 1 fully saturated rings. The molecule has 1 saturated carbocycles. The Balaban J connectivity index is 2.13. The van der Waals surface area contributed by atoms with Crippen LogP contribution in [0, 0.1) is 5.82 Å². The van der Waals surface area contributed by atoms with Crippen LogP contribution in [0.2, 0.25) is 0 Å². The first-order valence-electron chi connectivity index (χ1n) is 6.11. The second-order valence-electron chi connectivity index (χ2n) is 4.79. The lowest BCUT2D eigenvalue weighted by atomic mass is 10.3. The highest BCUT2D eigenvalue weighted by molar-refractivity contribution is 7.89. The van der Waals surface area contributed by atoms with Crippen LogP contribution in [0.5, 0.6) is 0 Å². The molecule has 1 amide bonds. The summed E-state index contributed by atoms with van der Waals surface area (Å²) in [5, 5.41) is 2.70. The first kappa shape index (κ1) is 14.7. The molecule has 110 valence electrons. The average molecular weight is 301 g/mol. The maximum absolute atomic E-state index is 12.9. The lowest BCUT2D eigenvalue weighted by Gasteiger charge is -2.18. The number of nitrogens with zero attached hydrogens (tertiary/aromatic N) is 1. The highest BCUT2D eigenvalue weighted by Gasteiger charge is 2.28. The van der Waals surface area contributed by atoms with Crippen molar-refractivity contribution in [3.63, 3.8) is 0 Å². The van der Waals surface area contributed by atoms with E-state index in [4.69, 9.17) is 5.73 Å². The van der Waals surface area contributed by atoms with E-state index in [0.717, 1.165) is 35.3 Å². The molecule has 1 aromatic carbocycles. The second kappa shape index (κ2) is 5.37. The zero-order valence-corrected chi connectivity index (χ0v) is 11.8. The highest BCUT2D eigenvalue weighted by Crippen LogP contribution is 2.22. The van der Waals surface area contributed by atoms with E-state index in [-0.39, 0.29) is 29.1 Å². The fourth-order valence-electron chi connectivity index (χ4n) is 1.71. The monoisotopic (exact) mass is 301 g/mol. The summed E-state index contributed by atoms with van der Waals surface area (Å²) in [6, 6.07) is 3.20. The van der Waals surface area contributed by atoms with Gasteiger partial charge in [0.1, 0.15) is 10.7 Å². The molecular weight excluding hydrogens is 285 g/mol. The number of carbonyl (C=O) groups is 1. The van der Waals surface area contributed by atoms with E-state index in [1.807, 2.05) is 0 Å². The second-order valence-corrected chi connectivity index (χ2v) is 6.80. The van der Waals surface area contributed by atoms with Crippen LogP contribution in [0.3, 0.4) is 0 Å². The van der Waals surface area contributed by atoms with Crippen molar-refractivity contribution in [2.24, 2.45) is 0 Å². The number of nitrogen functional groups attached to an aromatic ring is 1. The summed E-state index contributed by atoms with van der Waals surface area (Å²) in [6.07, 6.45) is 1.85. The predicted molar refractivity (Wildman–Crippen MR) is 71.8 cm³/mol. The fourth-order valence-corrected chi connectivity index (χ4v) is 2.93. The van der Waals surface area contributed by atoms with Crippen LogP contribution in [0.1, 0.15) is 12.8 Å². The zero-order valence-electron chi connectivity index (χ0n) is 11.0. The molecule has 1 aromatic rings. The number of carbonyl (C=O) groups excluding carboxylic acids is 1. The Bertz CT molecular complexity index is 629. The Morgan fingerprint density at radius 3 is 2.70 bits per heavy atom. The lowest BCUT2D eigenvalue weighted by Crippen LogP contribution is -2.39. The number of sulfonamides is 1. The Labute approximate surface area is 116 Å². The van der Waals surface area contributed by atoms with Gasteiger partial charge in [-0.2, -0.15) is 4.31 Å². The molecule has 20 heavy (non-hydrogen) atoms. The van der Waals surface area contributed by atoms with E-state index in [1.54, 1.807) is 0 Å². The van der Waals surface area contributed by atoms with E-state index in [9.17, 15) is 17.6 Å². The number of hydrogen-bond donors (Lipinski definition) is 2. The number of likely N-dealkylation sites (N-methyl/N-ethyl adjacent to an activating group) is 1. The maximum atomic E-state index is 12.9. The minimum Gasteiger partial charge on any atom is -0.398 e. The molecule has 1 aliphatic rings. The van der Waals surface area contributed by atoms with Gasteiger partial charge in [0, 0.05) is 13.1 Å². The number of nitrogens with one attached hydrogen (secondary N) is 1. The number of halogens is 1. The van der Waals surface area contributed by atoms with Crippen molar-refractivity contribution in [3.8, 4) is 0 Å². The number of nitrogens with two attached hydrogens (primary N) is 1. The molecule has 0 spiro atoms. The van der Waals surface area contributed by atoms with Gasteiger partial charge in [0.25, 0.3) is 0 Å². The molecule has 0 bridgehead atoms. The van der Waals surface area contributed by atoms with Crippen molar-refractivity contribution in [3.05, 3.63) is 24.0 Å². The summed E-state index contributed by atoms with van der Waals surface area (Å²) in [6.45, 7) is -0.296. The Morgan fingerprint density at radius 1 is 1.50 bits per heavy atom. The standard InChI is InChI=1S/C12H16FN3O3S/c1-16(7-12(17)15-9-3-4-9)20(18,19)11-5-2-8(13)6-10(11)14/h2,5-6,9H,3-4,7,14H2,1H3,(H,15,17).